The lowest BCUT2D eigenvalue weighted by atomic mass is 10.2. The van der Waals surface area contributed by atoms with Gasteiger partial charge in [0.25, 0.3) is 0 Å². The van der Waals surface area contributed by atoms with Crippen molar-refractivity contribution in [1.82, 2.24) is 14.8 Å². The first kappa shape index (κ1) is 12.3. The molecular weight excluding hydrogens is 258 g/mol. The van der Waals surface area contributed by atoms with E-state index in [1.54, 1.807) is 7.11 Å². The van der Waals surface area contributed by atoms with Crippen LogP contribution in [-0.2, 0) is 7.05 Å². The number of aryl methyl sites for hydroxylation is 1. The minimum absolute atomic E-state index is 0.155. The van der Waals surface area contributed by atoms with Gasteiger partial charge >= 0.3 is 5.97 Å². The highest BCUT2D eigenvalue weighted by Crippen LogP contribution is 2.30. The summed E-state index contributed by atoms with van der Waals surface area (Å²) in [6, 6.07) is 7.64. The molecule has 3 aromatic rings. The highest BCUT2D eigenvalue weighted by molar-refractivity contribution is 5.96. The van der Waals surface area contributed by atoms with Gasteiger partial charge in [0.1, 0.15) is 11.3 Å². The van der Waals surface area contributed by atoms with E-state index >= 15 is 0 Å². The summed E-state index contributed by atoms with van der Waals surface area (Å²) in [5.74, 6) is -0.241. The molecule has 2 aromatic heterocycles. The Labute approximate surface area is 114 Å². The predicted molar refractivity (Wildman–Crippen MR) is 74.0 cm³/mol. The van der Waals surface area contributed by atoms with Gasteiger partial charge < -0.3 is 14.4 Å². The molecule has 0 amide bonds. The Hall–Kier alpha value is -2.76. The molecular formula is C14H13N3O3. The third-order valence-corrected chi connectivity index (χ3v) is 3.38. The van der Waals surface area contributed by atoms with Crippen molar-refractivity contribution in [2.24, 2.45) is 7.05 Å². The molecule has 102 valence electrons. The predicted octanol–water partition coefficient (Wildman–Crippen LogP) is 2.28. The number of H-pyrrole nitrogens is 1. The maximum atomic E-state index is 11.2. The fraction of sp³-hybridized carbons (Fsp3) is 0.143. The lowest BCUT2D eigenvalue weighted by Gasteiger charge is -2.03. The van der Waals surface area contributed by atoms with Gasteiger partial charge in [0.15, 0.2) is 0 Å². The van der Waals surface area contributed by atoms with E-state index in [1.807, 2.05) is 35.9 Å². The van der Waals surface area contributed by atoms with Gasteiger partial charge in [0.2, 0.25) is 0 Å². The van der Waals surface area contributed by atoms with Crippen molar-refractivity contribution in [1.29, 1.82) is 0 Å². The number of ether oxygens (including phenoxy) is 1. The summed E-state index contributed by atoms with van der Waals surface area (Å²) in [7, 11) is 3.50. The number of hydrogen-bond donors (Lipinski definition) is 2. The van der Waals surface area contributed by atoms with Crippen LogP contribution in [0.3, 0.4) is 0 Å². The van der Waals surface area contributed by atoms with Gasteiger partial charge in [-0.25, -0.2) is 4.79 Å². The van der Waals surface area contributed by atoms with Crippen molar-refractivity contribution < 1.29 is 14.6 Å². The van der Waals surface area contributed by atoms with Crippen molar-refractivity contribution in [3.05, 3.63) is 36.0 Å². The molecule has 0 atom stereocenters. The number of fused-ring (bicyclic) bond motifs is 1. The van der Waals surface area contributed by atoms with Crippen LogP contribution in [0.1, 0.15) is 10.4 Å². The number of nitrogens with one attached hydrogen (secondary N) is 1. The van der Waals surface area contributed by atoms with E-state index in [4.69, 9.17) is 4.74 Å². The lowest BCUT2D eigenvalue weighted by molar-refractivity contribution is 0.0698. The zero-order valence-electron chi connectivity index (χ0n) is 11.0. The normalized spacial score (nSPS) is 10.9. The molecule has 0 aliphatic rings. The number of hydrogen-bond acceptors (Lipinski definition) is 3. The first-order valence-electron chi connectivity index (χ1n) is 6.02. The molecule has 2 N–H and O–H groups in total. The number of aromatic amines is 1. The fourth-order valence-corrected chi connectivity index (χ4v) is 2.34. The van der Waals surface area contributed by atoms with Crippen molar-refractivity contribution >= 4 is 16.9 Å². The molecule has 6 heteroatoms. The summed E-state index contributed by atoms with van der Waals surface area (Å²) in [6.07, 6.45) is 1.32. The van der Waals surface area contributed by atoms with E-state index in [2.05, 4.69) is 10.2 Å². The summed E-state index contributed by atoms with van der Waals surface area (Å²) in [5.41, 5.74) is 2.41. The Balaban J connectivity index is 2.24. The van der Waals surface area contributed by atoms with E-state index in [0.29, 0.717) is 5.69 Å². The largest absolute Gasteiger partial charge is 0.497 e. The molecule has 2 heterocycles. The van der Waals surface area contributed by atoms with Crippen LogP contribution in [0.4, 0.5) is 0 Å². The number of carboxylic acid groups (broad SMARTS) is 1. The maximum absolute atomic E-state index is 11.2. The number of aromatic carboxylic acids is 1. The Bertz CT molecular complexity index is 801. The lowest BCUT2D eigenvalue weighted by Crippen LogP contribution is -1.99. The number of benzene rings is 1. The molecule has 0 radical (unpaired) electrons. The Morgan fingerprint density at radius 1 is 1.40 bits per heavy atom. The Kier molecular flexibility index (Phi) is 2.71. The van der Waals surface area contributed by atoms with Crippen LogP contribution < -0.4 is 4.74 Å². The summed E-state index contributed by atoms with van der Waals surface area (Å²) in [6.45, 7) is 0. The molecule has 0 saturated carbocycles. The van der Waals surface area contributed by atoms with Gasteiger partial charge in [-0.2, -0.15) is 5.10 Å². The third kappa shape index (κ3) is 1.73. The van der Waals surface area contributed by atoms with Gasteiger partial charge in [-0.05, 0) is 24.3 Å². The van der Waals surface area contributed by atoms with Crippen LogP contribution in [0.15, 0.2) is 30.5 Å². The van der Waals surface area contributed by atoms with Crippen LogP contribution in [0, 0.1) is 0 Å². The van der Waals surface area contributed by atoms with E-state index < -0.39 is 5.97 Å². The first-order chi connectivity index (χ1) is 9.61. The number of rotatable bonds is 3. The minimum atomic E-state index is -1.00. The molecule has 6 nitrogen and oxygen atoms in total. The standard InChI is InChI=1S/C14H13N3O3/c1-17-11-4-3-9(20-2)5-8(11)6-12(17)13-10(14(18)19)7-15-16-13/h3-7H,1-2H3,(H,15,16)(H,18,19). The number of aromatic nitrogens is 3. The SMILES string of the molecule is COc1ccc2c(c1)cc(-c1[nH]ncc1C(=O)O)n2C. The monoisotopic (exact) mass is 271 g/mol. The van der Waals surface area contributed by atoms with E-state index in [1.165, 1.54) is 6.20 Å². The molecule has 0 bridgehead atoms. The maximum Gasteiger partial charge on any atom is 0.339 e. The molecule has 0 saturated heterocycles. The van der Waals surface area contributed by atoms with Crippen LogP contribution in [0.5, 0.6) is 5.75 Å². The molecule has 0 aliphatic carbocycles. The Morgan fingerprint density at radius 2 is 2.20 bits per heavy atom. The van der Waals surface area contributed by atoms with Crippen LogP contribution in [0.2, 0.25) is 0 Å². The van der Waals surface area contributed by atoms with Gasteiger partial charge in [0, 0.05) is 18.0 Å². The molecule has 0 aliphatic heterocycles. The number of carbonyl (C=O) groups is 1. The Morgan fingerprint density at radius 3 is 2.90 bits per heavy atom. The molecule has 0 spiro atoms. The summed E-state index contributed by atoms with van der Waals surface area (Å²) >= 11 is 0. The second kappa shape index (κ2) is 4.41. The van der Waals surface area contributed by atoms with Crippen molar-refractivity contribution in [3.8, 4) is 17.1 Å². The van der Waals surface area contributed by atoms with E-state index in [0.717, 1.165) is 22.3 Å². The second-order valence-corrected chi connectivity index (χ2v) is 4.48. The highest BCUT2D eigenvalue weighted by atomic mass is 16.5. The average Bonchev–Trinajstić information content (AvgIpc) is 3.03. The smallest absolute Gasteiger partial charge is 0.339 e. The molecule has 3 rings (SSSR count). The minimum Gasteiger partial charge on any atom is -0.497 e. The number of carboxylic acids is 1. The van der Waals surface area contributed by atoms with Gasteiger partial charge in [0.05, 0.1) is 24.7 Å². The van der Waals surface area contributed by atoms with Crippen molar-refractivity contribution in [3.63, 3.8) is 0 Å². The van der Waals surface area contributed by atoms with Gasteiger partial charge in [-0.3, -0.25) is 5.10 Å². The topological polar surface area (TPSA) is 80.1 Å². The number of nitrogens with zero attached hydrogens (tertiary/aromatic N) is 2. The quantitative estimate of drug-likeness (QED) is 0.765. The van der Waals surface area contributed by atoms with E-state index in [-0.39, 0.29) is 5.56 Å². The van der Waals surface area contributed by atoms with Gasteiger partial charge in [-0.15, -0.1) is 0 Å². The van der Waals surface area contributed by atoms with Crippen molar-refractivity contribution in [2.45, 2.75) is 0 Å². The molecule has 1 aromatic carbocycles. The zero-order valence-corrected chi connectivity index (χ0v) is 11.0. The van der Waals surface area contributed by atoms with Crippen LogP contribution in [-0.4, -0.2) is 33.0 Å². The van der Waals surface area contributed by atoms with Gasteiger partial charge in [-0.1, -0.05) is 0 Å². The summed E-state index contributed by atoms with van der Waals surface area (Å²) in [4.78, 5) is 11.2. The molecule has 0 fully saturated rings. The molecule has 0 unspecified atom stereocenters. The number of methoxy groups -OCH3 is 1. The van der Waals surface area contributed by atoms with Crippen LogP contribution in [0.25, 0.3) is 22.3 Å². The van der Waals surface area contributed by atoms with Crippen LogP contribution >= 0.6 is 0 Å². The fourth-order valence-electron chi connectivity index (χ4n) is 2.34. The molecule has 20 heavy (non-hydrogen) atoms. The van der Waals surface area contributed by atoms with E-state index in [9.17, 15) is 9.90 Å². The zero-order chi connectivity index (χ0) is 14.3. The summed E-state index contributed by atoms with van der Waals surface area (Å²) < 4.78 is 7.13. The second-order valence-electron chi connectivity index (χ2n) is 4.48. The summed E-state index contributed by atoms with van der Waals surface area (Å²) in [5, 5.41) is 16.7. The third-order valence-electron chi connectivity index (χ3n) is 3.38. The van der Waals surface area contributed by atoms with Crippen molar-refractivity contribution in [2.75, 3.05) is 7.11 Å². The highest BCUT2D eigenvalue weighted by Gasteiger charge is 2.18. The first-order valence-corrected chi connectivity index (χ1v) is 6.02. The average molecular weight is 271 g/mol.